The van der Waals surface area contributed by atoms with Crippen molar-refractivity contribution in [3.05, 3.63) is 60.2 Å². The highest BCUT2D eigenvalue weighted by molar-refractivity contribution is 5.84. The van der Waals surface area contributed by atoms with Gasteiger partial charge in [0, 0.05) is 24.3 Å². The molecule has 1 heterocycles. The molecule has 118 valence electrons. The number of para-hydroxylation sites is 1. The second-order valence-electron chi connectivity index (χ2n) is 6.32. The van der Waals surface area contributed by atoms with Crippen LogP contribution in [0, 0.1) is 5.92 Å². The zero-order chi connectivity index (χ0) is 15.6. The molecule has 4 rings (SSSR count). The van der Waals surface area contributed by atoms with Crippen LogP contribution in [0.4, 0.5) is 17.1 Å². The van der Waals surface area contributed by atoms with Crippen LogP contribution in [-0.2, 0) is 0 Å². The Hall–Kier alpha value is -2.42. The summed E-state index contributed by atoms with van der Waals surface area (Å²) < 4.78 is 0. The summed E-state index contributed by atoms with van der Waals surface area (Å²) >= 11 is 0. The molecule has 2 aromatic rings. The molecule has 2 aromatic carbocycles. The molecule has 0 aromatic heterocycles. The molecule has 0 radical (unpaired) electrons. The number of hydrogen-bond acceptors (Lipinski definition) is 3. The molecular weight excluding hydrogens is 282 g/mol. The van der Waals surface area contributed by atoms with Gasteiger partial charge in [0.05, 0.1) is 11.4 Å². The van der Waals surface area contributed by atoms with Crippen molar-refractivity contribution in [3.63, 3.8) is 0 Å². The first-order chi connectivity index (χ1) is 11.3. The van der Waals surface area contributed by atoms with E-state index in [-0.39, 0.29) is 0 Å². The first-order valence-electron chi connectivity index (χ1n) is 8.51. The Balaban J connectivity index is 1.58. The van der Waals surface area contributed by atoms with Gasteiger partial charge in [0.25, 0.3) is 0 Å². The molecule has 1 fully saturated rings. The summed E-state index contributed by atoms with van der Waals surface area (Å²) in [4.78, 5) is 2.44. The number of rotatable bonds is 5. The van der Waals surface area contributed by atoms with Crippen LogP contribution < -0.4 is 15.8 Å². The van der Waals surface area contributed by atoms with E-state index in [2.05, 4.69) is 59.1 Å². The molecule has 0 unspecified atom stereocenters. The van der Waals surface area contributed by atoms with E-state index < -0.39 is 0 Å². The molecule has 1 saturated carbocycles. The van der Waals surface area contributed by atoms with E-state index in [0.717, 1.165) is 30.4 Å². The van der Waals surface area contributed by atoms with E-state index in [4.69, 9.17) is 0 Å². The number of nitrogens with zero attached hydrogens (tertiary/aromatic N) is 1. The SMILES string of the molecule is CCN1CC=C(C2CC2)c2cc(NNc3ccccc3)ccc21. The van der Waals surface area contributed by atoms with Crippen LogP contribution in [0.1, 0.15) is 25.3 Å². The van der Waals surface area contributed by atoms with Crippen LogP contribution in [0.25, 0.3) is 5.57 Å². The van der Waals surface area contributed by atoms with Crippen molar-refractivity contribution in [3.8, 4) is 0 Å². The quantitative estimate of drug-likeness (QED) is 0.780. The van der Waals surface area contributed by atoms with Crippen molar-refractivity contribution in [2.24, 2.45) is 5.92 Å². The Morgan fingerprint density at radius 3 is 2.52 bits per heavy atom. The van der Waals surface area contributed by atoms with Gasteiger partial charge < -0.3 is 15.8 Å². The fourth-order valence-electron chi connectivity index (χ4n) is 3.28. The molecule has 0 amide bonds. The molecule has 0 bridgehead atoms. The molecule has 0 saturated heterocycles. The minimum atomic E-state index is 0.782. The number of fused-ring (bicyclic) bond motifs is 1. The van der Waals surface area contributed by atoms with Crippen molar-refractivity contribution < 1.29 is 0 Å². The predicted octanol–water partition coefficient (Wildman–Crippen LogP) is 4.76. The number of nitrogens with one attached hydrogen (secondary N) is 2. The Kier molecular flexibility index (Phi) is 3.70. The minimum absolute atomic E-state index is 0.782. The van der Waals surface area contributed by atoms with Gasteiger partial charge in [-0.3, -0.25) is 0 Å². The first-order valence-corrected chi connectivity index (χ1v) is 8.51. The van der Waals surface area contributed by atoms with Crippen molar-refractivity contribution in [2.75, 3.05) is 28.8 Å². The van der Waals surface area contributed by atoms with Gasteiger partial charge in [-0.2, -0.15) is 0 Å². The second kappa shape index (κ2) is 5.99. The monoisotopic (exact) mass is 305 g/mol. The highest BCUT2D eigenvalue weighted by atomic mass is 15.4. The van der Waals surface area contributed by atoms with Crippen LogP contribution >= 0.6 is 0 Å². The van der Waals surface area contributed by atoms with Gasteiger partial charge in [0.1, 0.15) is 0 Å². The molecule has 0 atom stereocenters. The molecular formula is C20H23N3. The Morgan fingerprint density at radius 2 is 1.78 bits per heavy atom. The molecule has 3 heteroatoms. The maximum Gasteiger partial charge on any atom is 0.0547 e. The number of allylic oxidation sites excluding steroid dienone is 1. The summed E-state index contributed by atoms with van der Waals surface area (Å²) in [5, 5.41) is 0. The zero-order valence-corrected chi connectivity index (χ0v) is 13.5. The fourth-order valence-corrected chi connectivity index (χ4v) is 3.28. The number of hydrogen-bond donors (Lipinski definition) is 2. The lowest BCUT2D eigenvalue weighted by Crippen LogP contribution is -2.27. The molecule has 0 spiro atoms. The lowest BCUT2D eigenvalue weighted by atomic mass is 9.95. The van der Waals surface area contributed by atoms with Gasteiger partial charge in [-0.15, -0.1) is 0 Å². The minimum Gasteiger partial charge on any atom is -0.368 e. The number of benzene rings is 2. The molecule has 23 heavy (non-hydrogen) atoms. The summed E-state index contributed by atoms with van der Waals surface area (Å²) in [6, 6.07) is 16.9. The normalized spacial score (nSPS) is 16.6. The Bertz CT molecular complexity index is 717. The van der Waals surface area contributed by atoms with Crippen LogP contribution in [0.3, 0.4) is 0 Å². The molecule has 1 aliphatic carbocycles. The lowest BCUT2D eigenvalue weighted by molar-refractivity contribution is 0.887. The standard InChI is InChI=1S/C20H23N3/c1-2-23-13-12-18(15-8-9-15)19-14-17(10-11-20(19)23)22-21-16-6-4-3-5-7-16/h3-7,10-12,14-15,21-22H,2,8-9,13H2,1H3. The third-order valence-corrected chi connectivity index (χ3v) is 4.70. The van der Waals surface area contributed by atoms with E-state index in [9.17, 15) is 0 Å². The van der Waals surface area contributed by atoms with Gasteiger partial charge in [0.15, 0.2) is 0 Å². The Labute approximate surface area is 138 Å². The van der Waals surface area contributed by atoms with Gasteiger partial charge in [0.2, 0.25) is 0 Å². The second-order valence-corrected chi connectivity index (χ2v) is 6.32. The van der Waals surface area contributed by atoms with Crippen LogP contribution in [0.2, 0.25) is 0 Å². The number of hydrazine groups is 1. The van der Waals surface area contributed by atoms with E-state index in [0.29, 0.717) is 0 Å². The average Bonchev–Trinajstić information content (AvgIpc) is 3.44. The largest absolute Gasteiger partial charge is 0.368 e. The number of likely N-dealkylation sites (N-methyl/N-ethyl adjacent to an activating group) is 1. The molecule has 3 nitrogen and oxygen atoms in total. The van der Waals surface area contributed by atoms with Crippen molar-refractivity contribution in [1.82, 2.24) is 0 Å². The van der Waals surface area contributed by atoms with Crippen LogP contribution in [-0.4, -0.2) is 13.1 Å². The summed E-state index contributed by atoms with van der Waals surface area (Å²) in [5.41, 5.74) is 13.1. The third kappa shape index (κ3) is 2.91. The van der Waals surface area contributed by atoms with Crippen molar-refractivity contribution >= 4 is 22.6 Å². The zero-order valence-electron chi connectivity index (χ0n) is 13.5. The van der Waals surface area contributed by atoms with E-state index in [1.54, 1.807) is 5.57 Å². The predicted molar refractivity (Wildman–Crippen MR) is 98.7 cm³/mol. The average molecular weight is 305 g/mol. The fraction of sp³-hybridized carbons (Fsp3) is 0.300. The van der Waals surface area contributed by atoms with Gasteiger partial charge in [-0.1, -0.05) is 24.3 Å². The highest BCUT2D eigenvalue weighted by Gasteiger charge is 2.30. The molecule has 2 N–H and O–H groups in total. The summed E-state index contributed by atoms with van der Waals surface area (Å²) in [5.74, 6) is 0.782. The van der Waals surface area contributed by atoms with E-state index in [1.807, 2.05) is 18.2 Å². The first kappa shape index (κ1) is 14.2. The Morgan fingerprint density at radius 1 is 1.00 bits per heavy atom. The van der Waals surface area contributed by atoms with E-state index in [1.165, 1.54) is 24.1 Å². The third-order valence-electron chi connectivity index (χ3n) is 4.70. The molecule has 1 aliphatic heterocycles. The number of anilines is 3. The van der Waals surface area contributed by atoms with Crippen molar-refractivity contribution in [1.29, 1.82) is 0 Å². The topological polar surface area (TPSA) is 27.3 Å². The van der Waals surface area contributed by atoms with Crippen molar-refractivity contribution in [2.45, 2.75) is 19.8 Å². The van der Waals surface area contributed by atoms with Gasteiger partial charge >= 0.3 is 0 Å². The van der Waals surface area contributed by atoms with E-state index >= 15 is 0 Å². The van der Waals surface area contributed by atoms with Gasteiger partial charge in [-0.05, 0) is 61.6 Å². The maximum atomic E-state index is 3.33. The van der Waals surface area contributed by atoms with Gasteiger partial charge in [-0.25, -0.2) is 0 Å². The van der Waals surface area contributed by atoms with Crippen LogP contribution in [0.15, 0.2) is 54.6 Å². The summed E-state index contributed by atoms with van der Waals surface area (Å²) in [6.07, 6.45) is 5.12. The highest BCUT2D eigenvalue weighted by Crippen LogP contribution is 2.46. The molecule has 2 aliphatic rings. The maximum absolute atomic E-state index is 3.33. The smallest absolute Gasteiger partial charge is 0.0547 e. The summed E-state index contributed by atoms with van der Waals surface area (Å²) in [7, 11) is 0. The summed E-state index contributed by atoms with van der Waals surface area (Å²) in [6.45, 7) is 4.32. The lowest BCUT2D eigenvalue weighted by Gasteiger charge is -2.30. The van der Waals surface area contributed by atoms with Crippen LogP contribution in [0.5, 0.6) is 0 Å².